The molecule has 0 unspecified atom stereocenters. The summed E-state index contributed by atoms with van der Waals surface area (Å²) in [5.74, 6) is -1.25. The SMILES string of the molecule is C[C@H](N=S(=O)=O)C(=O)O. The van der Waals surface area contributed by atoms with Crippen LogP contribution in [-0.4, -0.2) is 25.5 Å². The van der Waals surface area contributed by atoms with Crippen LogP contribution in [0.1, 0.15) is 6.92 Å². The van der Waals surface area contributed by atoms with Crippen LogP contribution < -0.4 is 0 Å². The molecule has 0 saturated heterocycles. The van der Waals surface area contributed by atoms with Gasteiger partial charge in [0, 0.05) is 0 Å². The molecule has 0 fully saturated rings. The molecule has 1 atom stereocenters. The first-order chi connectivity index (χ1) is 4.04. The first kappa shape index (κ1) is 8.09. The van der Waals surface area contributed by atoms with Gasteiger partial charge in [-0.3, -0.25) is 0 Å². The van der Waals surface area contributed by atoms with E-state index in [2.05, 4.69) is 4.36 Å². The van der Waals surface area contributed by atoms with Gasteiger partial charge < -0.3 is 5.11 Å². The number of carboxylic acid groups (broad SMARTS) is 1. The molecular formula is C3H5NO4S. The van der Waals surface area contributed by atoms with Crippen molar-refractivity contribution in [2.24, 2.45) is 4.36 Å². The number of carboxylic acids is 1. The normalized spacial score (nSPS) is 12.1. The smallest absolute Gasteiger partial charge is 0.329 e. The van der Waals surface area contributed by atoms with E-state index in [4.69, 9.17) is 5.11 Å². The Hall–Kier alpha value is -0.910. The molecule has 0 saturated carbocycles. The number of nitrogens with zero attached hydrogens (tertiary/aromatic N) is 1. The van der Waals surface area contributed by atoms with Crippen LogP contribution in [0.2, 0.25) is 0 Å². The van der Waals surface area contributed by atoms with Gasteiger partial charge in [-0.05, 0) is 6.92 Å². The maximum absolute atomic E-state index is 9.87. The molecule has 9 heavy (non-hydrogen) atoms. The zero-order valence-corrected chi connectivity index (χ0v) is 5.42. The zero-order chi connectivity index (χ0) is 7.44. The third kappa shape index (κ3) is 3.65. The minimum atomic E-state index is -2.62. The van der Waals surface area contributed by atoms with Crippen molar-refractivity contribution in [1.82, 2.24) is 0 Å². The van der Waals surface area contributed by atoms with Gasteiger partial charge in [0.2, 0.25) is 0 Å². The maximum atomic E-state index is 9.87. The van der Waals surface area contributed by atoms with Crippen molar-refractivity contribution in [1.29, 1.82) is 0 Å². The van der Waals surface area contributed by atoms with E-state index in [9.17, 15) is 13.2 Å². The average Bonchev–Trinajstić information content (AvgIpc) is 1.63. The molecule has 1 N–H and O–H groups in total. The monoisotopic (exact) mass is 151 g/mol. The van der Waals surface area contributed by atoms with Crippen LogP contribution in [0, 0.1) is 0 Å². The summed E-state index contributed by atoms with van der Waals surface area (Å²) in [7, 11) is -2.62. The summed E-state index contributed by atoms with van der Waals surface area (Å²) in [5, 5.41) is 8.06. The van der Waals surface area contributed by atoms with Crippen molar-refractivity contribution in [3.05, 3.63) is 0 Å². The second-order valence-electron chi connectivity index (χ2n) is 1.34. The molecule has 0 aliphatic heterocycles. The first-order valence-corrected chi connectivity index (χ1v) is 3.10. The lowest BCUT2D eigenvalue weighted by Gasteiger charge is -1.89. The molecule has 52 valence electrons. The van der Waals surface area contributed by atoms with Gasteiger partial charge in [-0.1, -0.05) is 0 Å². The molecule has 0 aliphatic rings. The van der Waals surface area contributed by atoms with Crippen LogP contribution in [0.15, 0.2) is 4.36 Å². The molecular weight excluding hydrogens is 146 g/mol. The number of rotatable bonds is 2. The summed E-state index contributed by atoms with van der Waals surface area (Å²) in [6.07, 6.45) is 0. The van der Waals surface area contributed by atoms with Gasteiger partial charge in [0.25, 0.3) is 0 Å². The largest absolute Gasteiger partial charge is 0.480 e. The van der Waals surface area contributed by atoms with E-state index in [0.717, 1.165) is 0 Å². The predicted octanol–water partition coefficient (Wildman–Crippen LogP) is -0.478. The van der Waals surface area contributed by atoms with Crippen LogP contribution in [0.25, 0.3) is 0 Å². The van der Waals surface area contributed by atoms with E-state index in [1.165, 1.54) is 6.92 Å². The highest BCUT2D eigenvalue weighted by Gasteiger charge is 2.07. The van der Waals surface area contributed by atoms with Gasteiger partial charge in [0.1, 0.15) is 0 Å². The van der Waals surface area contributed by atoms with Crippen LogP contribution in [0.4, 0.5) is 0 Å². The Bertz CT molecular complexity index is 220. The molecule has 0 aromatic rings. The summed E-state index contributed by atoms with van der Waals surface area (Å²) in [6, 6.07) is -1.18. The van der Waals surface area contributed by atoms with Gasteiger partial charge in [-0.25, -0.2) is 4.79 Å². The molecule has 0 bridgehead atoms. The second kappa shape index (κ2) is 3.18. The van der Waals surface area contributed by atoms with E-state index < -0.39 is 22.5 Å². The third-order valence-corrected chi connectivity index (χ3v) is 1.09. The fraction of sp³-hybridized carbons (Fsp3) is 0.667. The second-order valence-corrected chi connectivity index (χ2v) is 1.98. The molecule has 0 heterocycles. The molecule has 0 aromatic heterocycles. The lowest BCUT2D eigenvalue weighted by Crippen LogP contribution is -2.12. The molecule has 6 heteroatoms. The number of hydrogen-bond acceptors (Lipinski definition) is 4. The molecule has 0 rings (SSSR count). The Morgan fingerprint density at radius 2 is 2.11 bits per heavy atom. The third-order valence-electron chi connectivity index (χ3n) is 0.602. The summed E-state index contributed by atoms with van der Waals surface area (Å²) < 4.78 is 22.2. The van der Waals surface area contributed by atoms with Crippen molar-refractivity contribution in [2.45, 2.75) is 13.0 Å². The zero-order valence-electron chi connectivity index (χ0n) is 4.60. The Morgan fingerprint density at radius 3 is 2.22 bits per heavy atom. The van der Waals surface area contributed by atoms with Crippen molar-refractivity contribution in [3.8, 4) is 0 Å². The van der Waals surface area contributed by atoms with Gasteiger partial charge >= 0.3 is 16.5 Å². The standard InChI is InChI=1S/C3H5NO4S/c1-2(3(5)6)4-9(7)8/h2H,1H3,(H,5,6)/t2-/m0/s1. The fourth-order valence-corrected chi connectivity index (χ4v) is 0.523. The Kier molecular flexibility index (Phi) is 2.86. The van der Waals surface area contributed by atoms with Crippen LogP contribution in [0.5, 0.6) is 0 Å². The summed E-state index contributed by atoms with van der Waals surface area (Å²) in [4.78, 5) is 9.87. The van der Waals surface area contributed by atoms with Gasteiger partial charge in [-0.2, -0.15) is 12.8 Å². The number of aliphatic carboxylic acids is 1. The highest BCUT2D eigenvalue weighted by atomic mass is 32.2. The number of carbonyl (C=O) groups is 1. The molecule has 0 aromatic carbocycles. The van der Waals surface area contributed by atoms with Crippen LogP contribution in [0.3, 0.4) is 0 Å². The number of hydrogen-bond donors (Lipinski definition) is 1. The Morgan fingerprint density at radius 1 is 1.67 bits per heavy atom. The Labute approximate surface area is 53.0 Å². The predicted molar refractivity (Wildman–Crippen MR) is 28.4 cm³/mol. The highest BCUT2D eigenvalue weighted by molar-refractivity contribution is 7.61. The topological polar surface area (TPSA) is 83.8 Å². The van der Waals surface area contributed by atoms with E-state index in [0.29, 0.717) is 0 Å². The van der Waals surface area contributed by atoms with E-state index in [1.807, 2.05) is 0 Å². The van der Waals surface area contributed by atoms with E-state index >= 15 is 0 Å². The molecule has 0 radical (unpaired) electrons. The van der Waals surface area contributed by atoms with E-state index in [-0.39, 0.29) is 0 Å². The minimum Gasteiger partial charge on any atom is -0.480 e. The highest BCUT2D eigenvalue weighted by Crippen LogP contribution is 1.86. The Balaban J connectivity index is 4.26. The quantitative estimate of drug-likeness (QED) is 0.577. The summed E-state index contributed by atoms with van der Waals surface area (Å²) >= 11 is 0. The van der Waals surface area contributed by atoms with Crippen LogP contribution in [-0.2, 0) is 15.3 Å². The maximum Gasteiger partial charge on any atom is 0.329 e. The average molecular weight is 151 g/mol. The fourth-order valence-electron chi connectivity index (χ4n) is 0.174. The summed E-state index contributed by atoms with van der Waals surface area (Å²) in [6.45, 7) is 1.18. The summed E-state index contributed by atoms with van der Waals surface area (Å²) in [5.41, 5.74) is 0. The molecule has 0 aliphatic carbocycles. The lowest BCUT2D eigenvalue weighted by atomic mass is 10.4. The van der Waals surface area contributed by atoms with Crippen molar-refractivity contribution < 1.29 is 18.3 Å². The van der Waals surface area contributed by atoms with Crippen molar-refractivity contribution >= 4 is 16.5 Å². The molecule has 5 nitrogen and oxygen atoms in total. The van der Waals surface area contributed by atoms with E-state index in [1.54, 1.807) is 0 Å². The lowest BCUT2D eigenvalue weighted by molar-refractivity contribution is -0.137. The van der Waals surface area contributed by atoms with Crippen molar-refractivity contribution in [3.63, 3.8) is 0 Å². The van der Waals surface area contributed by atoms with Crippen LogP contribution >= 0.6 is 0 Å². The van der Waals surface area contributed by atoms with Gasteiger partial charge in [-0.15, -0.1) is 0 Å². The first-order valence-electron chi connectivity index (χ1n) is 2.07. The molecule has 0 amide bonds. The minimum absolute atomic E-state index is 1.18. The van der Waals surface area contributed by atoms with Gasteiger partial charge in [0.05, 0.1) is 0 Å². The van der Waals surface area contributed by atoms with Gasteiger partial charge in [0.15, 0.2) is 6.04 Å². The molecule has 0 spiro atoms. The van der Waals surface area contributed by atoms with Crippen molar-refractivity contribution in [2.75, 3.05) is 0 Å².